The highest BCUT2D eigenvalue weighted by Crippen LogP contribution is 2.36. The standard InChI is InChI=1S/C26H26Cl2N6O6S2.C22H15Cl2N5O6S2.2C21H15Cl2N5O5S2/c27-19-14-17(30-25(36)32-42(38,39)23-7-6-22(28)41-23)3-5-21(19)34-24(35)18-4-2-16(15-20(18)31-26(34)37)29-8-1-9-33-10-12-40-13-11-33;23-14-10-12(26-21(31)28-37(33,34)18-6-5-17(24)36-18)2-4-16(14)29-20(30)13-3-1-11(19-25-7-8-35-19)9-15(13)27-22(29)32;22-13-9-10(25-20(30)27-35(32,33)17-6-5-16(23)34-17)1-4-15(13)28-19(29)12-2-3-14-11(7-8-24-14)18(12)26-21(28)31;22-13-8-11(25-20(30)27-35(32,33)18-4-3-17(23)34-18)1-2-16(13)28-19(29)12-7-10-5-6-24-14(10)9-15(12)26-21(28)31/h2-7,14-15,29H,1,8-13H2,(H,31,37)(H2,30,32,36);1-6,9-10H,7-8H2,(H,27,32)(H2,26,28,31);1-6,9,24H,7-8H2,(H,26,31)(H2,25,27,30);1-4,7-9,24H,5-6H2,(H,26,31)(H2,25,27,30). The minimum absolute atomic E-state index is 0.00882. The van der Waals surface area contributed by atoms with E-state index in [4.69, 9.17) is 102 Å². The number of thiophene rings is 4. The van der Waals surface area contributed by atoms with Gasteiger partial charge in [0, 0.05) is 83.7 Å². The second-order valence-corrected chi connectivity index (χ2v) is 48.3. The molecule has 0 spiro atoms. The summed E-state index contributed by atoms with van der Waals surface area (Å²) in [5, 5.41) is 20.3. The molecular weight excluding hydrogens is 2270 g/mol. The maximum atomic E-state index is 13.3. The van der Waals surface area contributed by atoms with E-state index in [2.05, 4.69) is 67.0 Å². The Morgan fingerprint density at radius 1 is 0.376 bits per heavy atom. The number of carbonyl (C=O) groups excluding carboxylic acids is 4. The van der Waals surface area contributed by atoms with Crippen LogP contribution in [-0.2, 0) is 62.4 Å². The molecule has 20 rings (SSSR count). The molecule has 4 aliphatic rings. The van der Waals surface area contributed by atoms with Crippen molar-refractivity contribution in [3.63, 3.8) is 0 Å². The zero-order valence-corrected chi connectivity index (χ0v) is 88.0. The quantitative estimate of drug-likeness (QED) is 0.0280. The molecule has 8 aromatic carbocycles. The number of H-pyrrole nitrogens is 4. The molecule has 0 aliphatic carbocycles. The van der Waals surface area contributed by atoms with Crippen LogP contribution in [0, 0.1) is 0 Å². The van der Waals surface area contributed by atoms with Crippen LogP contribution in [-0.4, -0.2) is 172 Å². The van der Waals surface area contributed by atoms with Crippen LogP contribution in [0.25, 0.3) is 66.4 Å². The van der Waals surface area contributed by atoms with Crippen LogP contribution in [0.2, 0.25) is 37.4 Å². The van der Waals surface area contributed by atoms with Gasteiger partial charge in [0.05, 0.1) is 124 Å². The average molecular weight is 2340 g/mol. The van der Waals surface area contributed by atoms with Crippen LogP contribution >= 0.6 is 138 Å². The minimum atomic E-state index is -4.13. The summed E-state index contributed by atoms with van der Waals surface area (Å²) in [7, 11) is -16.5. The molecule has 59 heteroatoms. The molecule has 772 valence electrons. The predicted molar refractivity (Wildman–Crippen MR) is 577 cm³/mol. The van der Waals surface area contributed by atoms with Crippen LogP contribution in [0.1, 0.15) is 23.1 Å². The number of benzene rings is 8. The highest BCUT2D eigenvalue weighted by atomic mass is 35.5. The topological polar surface area (TPSA) is 591 Å². The van der Waals surface area contributed by atoms with Gasteiger partial charge < -0.3 is 66.6 Å². The van der Waals surface area contributed by atoms with Crippen molar-refractivity contribution in [1.29, 1.82) is 0 Å². The normalized spacial score (nSPS) is 13.3. The molecule has 1 saturated heterocycles. The van der Waals surface area contributed by atoms with Crippen LogP contribution in [0.5, 0.6) is 0 Å². The van der Waals surface area contributed by atoms with Gasteiger partial charge in [0.15, 0.2) is 0 Å². The SMILES string of the molecule is O=C(Nc1ccc(-n2c(=O)[nH]c3c4c(ccc3c2=O)NCC4)c(Cl)c1)NS(=O)(=O)c1ccc(Cl)s1.O=C(Nc1ccc(-n2c(=O)[nH]c3cc(C4=NCCO4)ccc3c2=O)c(Cl)c1)NS(=O)(=O)c1ccc(Cl)s1.O=C(Nc1ccc(-n2c(=O)[nH]c3cc(NCCCN4CCOCC4)ccc3c2=O)c(Cl)c1)NS(=O)(=O)c1ccc(Cl)s1.O=C(Nc1ccc(-n2c(=O)[nH]c3cc4c(cc3c2=O)CCN4)c(Cl)c1)NS(=O)(=O)c1ccc(Cl)s1. The summed E-state index contributed by atoms with van der Waals surface area (Å²) < 4.78 is 121. The lowest BCUT2D eigenvalue weighted by molar-refractivity contribution is 0.0378. The maximum Gasteiger partial charge on any atom is 0.333 e. The zero-order chi connectivity index (χ0) is 106. The van der Waals surface area contributed by atoms with Crippen molar-refractivity contribution in [2.24, 2.45) is 4.99 Å². The van der Waals surface area contributed by atoms with Gasteiger partial charge in [-0.15, -0.1) is 45.3 Å². The van der Waals surface area contributed by atoms with Gasteiger partial charge in [0.2, 0.25) is 5.90 Å². The highest BCUT2D eigenvalue weighted by Gasteiger charge is 2.30. The zero-order valence-electron chi connectivity index (χ0n) is 75.5. The Bertz CT molecular complexity index is 9110. The Kier molecular flexibility index (Phi) is 31.9. The molecule has 1 fully saturated rings. The minimum Gasteiger partial charge on any atom is -0.476 e. The van der Waals surface area contributed by atoms with Crippen molar-refractivity contribution in [3.8, 4) is 22.7 Å². The lowest BCUT2D eigenvalue weighted by Gasteiger charge is -2.26. The summed E-state index contributed by atoms with van der Waals surface area (Å²) in [6.07, 6.45) is 2.38. The number of fused-ring (bicyclic) bond motifs is 7. The Morgan fingerprint density at radius 3 is 1.15 bits per heavy atom. The summed E-state index contributed by atoms with van der Waals surface area (Å²) in [6.45, 7) is 7.52. The first-order chi connectivity index (χ1) is 71.0. The van der Waals surface area contributed by atoms with E-state index >= 15 is 0 Å². The van der Waals surface area contributed by atoms with Crippen molar-refractivity contribution in [3.05, 3.63) is 319 Å². The monoisotopic (exact) mass is 2330 g/mol. The van der Waals surface area contributed by atoms with E-state index in [-0.39, 0.29) is 111 Å². The summed E-state index contributed by atoms with van der Waals surface area (Å²) in [5.41, 5.74) is 2.44. The Morgan fingerprint density at radius 2 is 0.745 bits per heavy atom. The van der Waals surface area contributed by atoms with Gasteiger partial charge in [-0.2, -0.15) is 0 Å². The molecule has 12 heterocycles. The summed E-state index contributed by atoms with van der Waals surface area (Å²) in [5.74, 6) is 0.439. The van der Waals surface area contributed by atoms with E-state index in [1.807, 2.05) is 18.9 Å². The number of urea groups is 4. The van der Waals surface area contributed by atoms with E-state index in [0.29, 0.717) is 63.9 Å². The van der Waals surface area contributed by atoms with E-state index in [1.54, 1.807) is 60.7 Å². The van der Waals surface area contributed by atoms with Gasteiger partial charge in [0.25, 0.3) is 62.3 Å². The van der Waals surface area contributed by atoms with Crippen molar-refractivity contribution in [1.82, 2.24) is 62.0 Å². The fourth-order valence-corrected chi connectivity index (χ4v) is 26.3. The van der Waals surface area contributed by atoms with Gasteiger partial charge in [0.1, 0.15) is 23.4 Å². The van der Waals surface area contributed by atoms with Gasteiger partial charge in [-0.3, -0.25) is 24.1 Å². The lowest BCUT2D eigenvalue weighted by Crippen LogP contribution is -2.37. The third-order valence-corrected chi connectivity index (χ3v) is 35.8. The van der Waals surface area contributed by atoms with Gasteiger partial charge >= 0.3 is 46.9 Å². The number of hydrogen-bond acceptors (Lipinski definition) is 31. The first-order valence-electron chi connectivity index (χ1n) is 43.5. The van der Waals surface area contributed by atoms with E-state index in [1.165, 1.54) is 121 Å². The van der Waals surface area contributed by atoms with E-state index in [9.17, 15) is 91.2 Å². The van der Waals surface area contributed by atoms with Gasteiger partial charge in [-0.25, -0.2) is 114 Å². The van der Waals surface area contributed by atoms with Crippen molar-refractivity contribution in [2.45, 2.75) is 36.1 Å². The number of aromatic nitrogens is 8. The van der Waals surface area contributed by atoms with E-state index < -0.39 is 109 Å². The molecule has 0 atom stereocenters. The Balaban J connectivity index is 0.000000136. The van der Waals surface area contributed by atoms with Crippen LogP contribution in [0.15, 0.2) is 242 Å². The number of hydrogen-bond donors (Lipinski definition) is 15. The number of ether oxygens (including phenoxy) is 2. The molecule has 0 unspecified atom stereocenters. The van der Waals surface area contributed by atoms with Crippen molar-refractivity contribution in [2.75, 3.05) is 103 Å². The smallest absolute Gasteiger partial charge is 0.333 e. The fourth-order valence-electron chi connectivity index (χ4n) is 15.7. The molecule has 0 bridgehead atoms. The van der Waals surface area contributed by atoms with Crippen molar-refractivity contribution >= 4 is 292 Å². The molecule has 16 aromatic rings. The molecular formula is C90H71Cl8N21O22S8. The van der Waals surface area contributed by atoms with E-state index in [0.717, 1.165) is 157 Å². The van der Waals surface area contributed by atoms with Crippen LogP contribution in [0.3, 0.4) is 0 Å². The first-order valence-corrected chi connectivity index (χ1v) is 55.7. The molecule has 0 radical (unpaired) electrons. The van der Waals surface area contributed by atoms with Crippen LogP contribution in [0.4, 0.5) is 59.0 Å². The number of rotatable bonds is 22. The number of carbonyl (C=O) groups is 4. The molecule has 43 nitrogen and oxygen atoms in total. The number of nitrogens with one attached hydrogen (secondary N) is 15. The molecule has 15 N–H and O–H groups in total. The second kappa shape index (κ2) is 44.6. The lowest BCUT2D eigenvalue weighted by atomic mass is 10.1. The predicted octanol–water partition coefficient (Wildman–Crippen LogP) is 14.1. The maximum absolute atomic E-state index is 13.3. The van der Waals surface area contributed by atoms with Gasteiger partial charge in [-0.1, -0.05) is 92.8 Å². The summed E-state index contributed by atoms with van der Waals surface area (Å²) in [4.78, 5) is 171. The third kappa shape index (κ3) is 24.3. The number of aromatic amines is 4. The largest absolute Gasteiger partial charge is 0.476 e. The number of halogens is 8. The molecule has 4 aliphatic heterocycles. The average Bonchev–Trinajstić information content (AvgIpc) is 1.62. The Hall–Kier alpha value is -13.7. The third-order valence-electron chi connectivity index (χ3n) is 22.4. The van der Waals surface area contributed by atoms with Crippen molar-refractivity contribution < 1.29 is 62.3 Å². The highest BCUT2D eigenvalue weighted by molar-refractivity contribution is 7.93. The summed E-state index contributed by atoms with van der Waals surface area (Å²) in [6, 6.07) is 39.6. The summed E-state index contributed by atoms with van der Waals surface area (Å²) >= 11 is 51.6. The van der Waals surface area contributed by atoms with Crippen LogP contribution < -0.4 is 101 Å². The Labute approximate surface area is 894 Å². The number of amides is 8. The fraction of sp³-hybridized carbons (Fsp3) is 0.144. The number of aliphatic imine (C=N–C) groups is 1. The number of sulfonamides is 4. The molecule has 8 aromatic heterocycles. The molecule has 0 saturated carbocycles. The molecule has 8 amide bonds. The molecule has 149 heavy (non-hydrogen) atoms. The second-order valence-electron chi connectivity index (χ2n) is 32.1. The number of anilines is 7. The first kappa shape index (κ1) is 107. The van der Waals surface area contributed by atoms with Gasteiger partial charge in [-0.05, 0) is 213 Å². The number of morpholine rings is 1. The number of nitrogens with zero attached hydrogens (tertiary/aromatic N) is 6.